The Hall–Kier alpha value is -2.20. The predicted molar refractivity (Wildman–Crippen MR) is 73.3 cm³/mol. The van der Waals surface area contributed by atoms with E-state index < -0.39 is 11.6 Å². The molecule has 0 aromatic heterocycles. The highest BCUT2D eigenvalue weighted by Crippen LogP contribution is 2.18. The molecule has 0 amide bonds. The first-order valence-electron chi connectivity index (χ1n) is 6.05. The minimum Gasteiger partial charge on any atom is -0.489 e. The van der Waals surface area contributed by atoms with Gasteiger partial charge in [0.15, 0.2) is 0 Å². The monoisotopic (exact) mass is 276 g/mol. The van der Waals surface area contributed by atoms with Gasteiger partial charge in [-0.3, -0.25) is 0 Å². The second-order valence-corrected chi connectivity index (χ2v) is 4.36. The Labute approximate surface area is 115 Å². The van der Waals surface area contributed by atoms with Gasteiger partial charge in [-0.1, -0.05) is 24.8 Å². The van der Waals surface area contributed by atoms with Gasteiger partial charge in [0.25, 0.3) is 0 Å². The minimum atomic E-state index is -0.678. The molecule has 0 spiro atoms. The van der Waals surface area contributed by atoms with E-state index in [9.17, 15) is 8.78 Å². The Morgan fingerprint density at radius 3 is 2.45 bits per heavy atom. The lowest BCUT2D eigenvalue weighted by Gasteiger charge is -2.09. The summed E-state index contributed by atoms with van der Waals surface area (Å²) in [7, 11) is 0. The lowest BCUT2D eigenvalue weighted by Crippen LogP contribution is -1.98. The Morgan fingerprint density at radius 2 is 1.80 bits per heavy atom. The molecule has 104 valence electrons. The highest BCUT2D eigenvalue weighted by molar-refractivity contribution is 5.64. The molecule has 1 N–H and O–H groups in total. The average molecular weight is 276 g/mol. The molecule has 0 radical (unpaired) electrons. The van der Waals surface area contributed by atoms with Crippen LogP contribution in [0.1, 0.15) is 11.1 Å². The lowest BCUT2D eigenvalue weighted by molar-refractivity contribution is 0.302. The number of hydrogen-bond donors (Lipinski definition) is 1. The van der Waals surface area contributed by atoms with Crippen LogP contribution >= 0.6 is 0 Å². The number of halogens is 2. The van der Waals surface area contributed by atoms with E-state index in [2.05, 4.69) is 6.58 Å². The molecule has 2 aromatic carbocycles. The molecule has 0 saturated heterocycles. The maximum Gasteiger partial charge on any atom is 0.129 e. The summed E-state index contributed by atoms with van der Waals surface area (Å²) in [6, 6.07) is 10.3. The van der Waals surface area contributed by atoms with E-state index in [0.717, 1.165) is 29.3 Å². The van der Waals surface area contributed by atoms with Crippen molar-refractivity contribution in [3.8, 4) is 5.75 Å². The van der Waals surface area contributed by atoms with Crippen LogP contribution in [-0.4, -0.2) is 11.7 Å². The van der Waals surface area contributed by atoms with Crippen LogP contribution in [-0.2, 0) is 6.61 Å². The maximum absolute atomic E-state index is 13.0. The fraction of sp³-hybridized carbons (Fsp3) is 0.125. The molecule has 0 bridgehead atoms. The SMILES string of the molecule is C=C(CO)c1cccc(COc2cc(F)cc(F)c2)c1. The molecule has 2 nitrogen and oxygen atoms in total. The smallest absolute Gasteiger partial charge is 0.129 e. The van der Waals surface area contributed by atoms with Gasteiger partial charge in [0, 0.05) is 18.2 Å². The molecule has 0 aliphatic carbocycles. The molecular weight excluding hydrogens is 262 g/mol. The third kappa shape index (κ3) is 3.65. The Kier molecular flexibility index (Phi) is 4.48. The first kappa shape index (κ1) is 14.2. The highest BCUT2D eigenvalue weighted by Gasteiger charge is 2.03. The quantitative estimate of drug-likeness (QED) is 0.905. The number of rotatable bonds is 5. The normalized spacial score (nSPS) is 10.3. The molecule has 4 heteroatoms. The maximum atomic E-state index is 13.0. The van der Waals surface area contributed by atoms with E-state index in [1.54, 1.807) is 6.07 Å². The van der Waals surface area contributed by atoms with Crippen molar-refractivity contribution >= 4 is 5.57 Å². The first-order chi connectivity index (χ1) is 9.58. The van der Waals surface area contributed by atoms with Crippen molar-refractivity contribution in [3.05, 3.63) is 71.8 Å². The zero-order chi connectivity index (χ0) is 14.5. The van der Waals surface area contributed by atoms with Gasteiger partial charge < -0.3 is 9.84 Å². The van der Waals surface area contributed by atoms with Crippen molar-refractivity contribution in [1.82, 2.24) is 0 Å². The van der Waals surface area contributed by atoms with Crippen molar-refractivity contribution in [2.75, 3.05) is 6.61 Å². The molecule has 2 rings (SSSR count). The van der Waals surface area contributed by atoms with E-state index in [0.29, 0.717) is 5.57 Å². The highest BCUT2D eigenvalue weighted by atomic mass is 19.1. The van der Waals surface area contributed by atoms with Gasteiger partial charge in [-0.05, 0) is 22.8 Å². The summed E-state index contributed by atoms with van der Waals surface area (Å²) in [5.41, 5.74) is 2.23. The third-order valence-electron chi connectivity index (χ3n) is 2.77. The van der Waals surface area contributed by atoms with E-state index in [4.69, 9.17) is 9.84 Å². The number of ether oxygens (including phenoxy) is 1. The van der Waals surface area contributed by atoms with Crippen LogP contribution in [0.25, 0.3) is 5.57 Å². The van der Waals surface area contributed by atoms with Crippen LogP contribution in [0.2, 0.25) is 0 Å². The van der Waals surface area contributed by atoms with Crippen LogP contribution in [0.3, 0.4) is 0 Å². The molecule has 0 fully saturated rings. The molecule has 0 atom stereocenters. The van der Waals surface area contributed by atoms with E-state index in [1.807, 2.05) is 18.2 Å². The van der Waals surface area contributed by atoms with Crippen LogP contribution in [0.5, 0.6) is 5.75 Å². The zero-order valence-electron chi connectivity index (χ0n) is 10.8. The molecule has 0 unspecified atom stereocenters. The largest absolute Gasteiger partial charge is 0.489 e. The summed E-state index contributed by atoms with van der Waals surface area (Å²) in [4.78, 5) is 0. The third-order valence-corrected chi connectivity index (χ3v) is 2.77. The Morgan fingerprint density at radius 1 is 1.10 bits per heavy atom. The standard InChI is InChI=1S/C16H14F2O2/c1-11(9-19)13-4-2-3-12(5-13)10-20-16-7-14(17)6-15(18)8-16/h2-8,19H,1,9-10H2. The van der Waals surface area contributed by atoms with Gasteiger partial charge in [0.1, 0.15) is 24.0 Å². The second kappa shape index (κ2) is 6.30. The van der Waals surface area contributed by atoms with Crippen LogP contribution in [0.15, 0.2) is 49.0 Å². The van der Waals surface area contributed by atoms with Crippen molar-refractivity contribution in [2.24, 2.45) is 0 Å². The Balaban J connectivity index is 2.09. The zero-order valence-corrected chi connectivity index (χ0v) is 10.8. The second-order valence-electron chi connectivity index (χ2n) is 4.36. The molecule has 0 heterocycles. The summed E-state index contributed by atoms with van der Waals surface area (Å²) in [5, 5.41) is 9.03. The summed E-state index contributed by atoms with van der Waals surface area (Å²) < 4.78 is 31.4. The molecule has 0 saturated carbocycles. The number of aliphatic hydroxyl groups is 1. The van der Waals surface area contributed by atoms with Gasteiger partial charge in [-0.2, -0.15) is 0 Å². The van der Waals surface area contributed by atoms with Gasteiger partial charge in [0.05, 0.1) is 6.61 Å². The number of benzene rings is 2. The van der Waals surface area contributed by atoms with Gasteiger partial charge in [0.2, 0.25) is 0 Å². The van der Waals surface area contributed by atoms with Crippen molar-refractivity contribution in [1.29, 1.82) is 0 Å². The van der Waals surface area contributed by atoms with E-state index in [-0.39, 0.29) is 19.0 Å². The predicted octanol–water partition coefficient (Wildman–Crippen LogP) is 3.55. The van der Waals surface area contributed by atoms with Gasteiger partial charge in [-0.15, -0.1) is 0 Å². The van der Waals surface area contributed by atoms with Crippen LogP contribution < -0.4 is 4.74 Å². The van der Waals surface area contributed by atoms with E-state index in [1.165, 1.54) is 0 Å². The molecule has 0 aliphatic heterocycles. The summed E-state index contributed by atoms with van der Waals surface area (Å²) >= 11 is 0. The van der Waals surface area contributed by atoms with Crippen molar-refractivity contribution < 1.29 is 18.6 Å². The summed E-state index contributed by atoms with van der Waals surface area (Å²) in [6.07, 6.45) is 0. The number of hydrogen-bond acceptors (Lipinski definition) is 2. The molecule has 20 heavy (non-hydrogen) atoms. The summed E-state index contributed by atoms with van der Waals surface area (Å²) in [5.74, 6) is -1.22. The van der Waals surface area contributed by atoms with Crippen LogP contribution in [0.4, 0.5) is 8.78 Å². The van der Waals surface area contributed by atoms with Crippen LogP contribution in [0, 0.1) is 11.6 Å². The average Bonchev–Trinajstić information content (AvgIpc) is 2.43. The lowest BCUT2D eigenvalue weighted by atomic mass is 10.1. The number of aliphatic hydroxyl groups excluding tert-OH is 1. The Bertz CT molecular complexity index is 603. The molecular formula is C16H14F2O2. The fourth-order valence-electron chi connectivity index (χ4n) is 1.75. The van der Waals surface area contributed by atoms with E-state index >= 15 is 0 Å². The fourth-order valence-corrected chi connectivity index (χ4v) is 1.75. The molecule has 0 aliphatic rings. The van der Waals surface area contributed by atoms with Gasteiger partial charge >= 0.3 is 0 Å². The topological polar surface area (TPSA) is 29.5 Å². The first-order valence-corrected chi connectivity index (χ1v) is 6.05. The van der Waals surface area contributed by atoms with Gasteiger partial charge in [-0.25, -0.2) is 8.78 Å². The molecule has 2 aromatic rings. The summed E-state index contributed by atoms with van der Waals surface area (Å²) in [6.45, 7) is 3.79. The minimum absolute atomic E-state index is 0.126. The van der Waals surface area contributed by atoms with Crippen molar-refractivity contribution in [2.45, 2.75) is 6.61 Å². The van der Waals surface area contributed by atoms with Crippen molar-refractivity contribution in [3.63, 3.8) is 0 Å².